The van der Waals surface area contributed by atoms with Crippen LogP contribution in [0.3, 0.4) is 0 Å². The fourth-order valence-corrected chi connectivity index (χ4v) is 4.84. The van der Waals surface area contributed by atoms with Crippen LogP contribution in [0.15, 0.2) is 30.5 Å². The maximum Gasteiger partial charge on any atom is 0.327 e. The van der Waals surface area contributed by atoms with Crippen molar-refractivity contribution >= 4 is 28.3 Å². The molecule has 5 rings (SSSR count). The van der Waals surface area contributed by atoms with Gasteiger partial charge in [0, 0.05) is 26.2 Å². The van der Waals surface area contributed by atoms with Gasteiger partial charge in [-0.1, -0.05) is 11.3 Å². The zero-order chi connectivity index (χ0) is 22.9. The summed E-state index contributed by atoms with van der Waals surface area (Å²) in [6.07, 6.45) is 5.06. The van der Waals surface area contributed by atoms with Gasteiger partial charge in [0.15, 0.2) is 11.0 Å². The minimum Gasteiger partial charge on any atom is -0.424 e. The highest BCUT2D eigenvalue weighted by Crippen LogP contribution is 2.34. The zero-order valence-corrected chi connectivity index (χ0v) is 19.3. The van der Waals surface area contributed by atoms with Crippen LogP contribution in [-0.4, -0.2) is 70.1 Å². The van der Waals surface area contributed by atoms with E-state index in [4.69, 9.17) is 20.2 Å². The fraction of sp³-hybridized carbons (Fsp3) is 0.409. The Morgan fingerprint density at radius 1 is 1.21 bits per heavy atom. The van der Waals surface area contributed by atoms with Gasteiger partial charge in [0.2, 0.25) is 5.95 Å². The van der Waals surface area contributed by atoms with Gasteiger partial charge in [-0.05, 0) is 43.5 Å². The van der Waals surface area contributed by atoms with Crippen LogP contribution in [0.1, 0.15) is 29.6 Å². The third-order valence-electron chi connectivity index (χ3n) is 5.80. The lowest BCUT2D eigenvalue weighted by Crippen LogP contribution is -2.49. The van der Waals surface area contributed by atoms with Crippen molar-refractivity contribution in [3.63, 3.8) is 0 Å². The number of ether oxygens (including phenoxy) is 2. The molecule has 1 aliphatic carbocycles. The molecule has 0 spiro atoms. The second-order valence-corrected chi connectivity index (χ2v) is 9.29. The van der Waals surface area contributed by atoms with Crippen molar-refractivity contribution in [1.29, 1.82) is 0 Å². The maximum absolute atomic E-state index is 12.1. The van der Waals surface area contributed by atoms with Crippen LogP contribution >= 0.6 is 11.3 Å². The van der Waals surface area contributed by atoms with Gasteiger partial charge in [0.1, 0.15) is 5.75 Å². The molecule has 3 aromatic rings. The molecule has 2 N–H and O–H groups in total. The molecule has 2 atom stereocenters. The molecule has 1 saturated carbocycles. The summed E-state index contributed by atoms with van der Waals surface area (Å²) in [5.41, 5.74) is 6.41. The third-order valence-corrected chi connectivity index (χ3v) is 6.63. The summed E-state index contributed by atoms with van der Waals surface area (Å²) in [6.45, 7) is 1.34. The van der Waals surface area contributed by atoms with E-state index in [9.17, 15) is 4.79 Å². The minimum atomic E-state index is -0.0764. The number of carbonyl (C=O) groups is 1. The number of nitrogen functional groups attached to an aromatic ring is 1. The molecule has 2 aliphatic rings. The number of nitrogens with two attached hydrogens (primary N) is 1. The Bertz CT molecular complexity index is 1150. The number of amides is 1. The molecule has 0 radical (unpaired) electrons. The number of rotatable bonds is 5. The van der Waals surface area contributed by atoms with E-state index in [1.165, 1.54) is 16.2 Å². The van der Waals surface area contributed by atoms with Crippen molar-refractivity contribution in [2.24, 2.45) is 0 Å². The number of fused-ring (bicyclic) bond motifs is 1. The van der Waals surface area contributed by atoms with Crippen molar-refractivity contribution in [3.05, 3.63) is 36.0 Å². The molecule has 2 fully saturated rings. The highest BCUT2D eigenvalue weighted by atomic mass is 32.1. The Morgan fingerprint density at radius 3 is 2.76 bits per heavy atom. The molecule has 1 saturated heterocycles. The molecule has 33 heavy (non-hydrogen) atoms. The molecular weight excluding hydrogens is 442 g/mol. The average molecular weight is 468 g/mol. The van der Waals surface area contributed by atoms with Crippen molar-refractivity contribution < 1.29 is 14.3 Å². The molecular formula is C22H25N7O3S. The number of thiazole rings is 1. The standard InChI is InChI=1S/C22H25N7O3S/c1-28(2)19(30)13-6-8-14(9-7-13)32-22-26-18(17-12-24-20(23)33-17)25-21(27-22)29-10-11-31-16-5-3-4-15(16)29/h6-9,12,15-16H,3-5,10-11H2,1-2H3,(H2,23,24)/t15-,16-/m1/s1. The highest BCUT2D eigenvalue weighted by Gasteiger charge is 2.37. The van der Waals surface area contributed by atoms with Crippen LogP contribution in [0.2, 0.25) is 0 Å². The summed E-state index contributed by atoms with van der Waals surface area (Å²) in [4.78, 5) is 34.6. The molecule has 0 unspecified atom stereocenters. The van der Waals surface area contributed by atoms with Gasteiger partial charge in [-0.25, -0.2) is 4.98 Å². The Kier molecular flexibility index (Phi) is 5.81. The third kappa shape index (κ3) is 4.46. The van der Waals surface area contributed by atoms with Gasteiger partial charge in [0.25, 0.3) is 5.91 Å². The van der Waals surface area contributed by atoms with Crippen molar-refractivity contribution in [3.8, 4) is 22.5 Å². The van der Waals surface area contributed by atoms with E-state index in [2.05, 4.69) is 19.9 Å². The molecule has 1 aliphatic heterocycles. The second-order valence-electron chi connectivity index (χ2n) is 8.23. The quantitative estimate of drug-likeness (QED) is 0.604. The lowest BCUT2D eigenvalue weighted by Gasteiger charge is -2.37. The summed E-state index contributed by atoms with van der Waals surface area (Å²) in [5.74, 6) is 1.47. The van der Waals surface area contributed by atoms with E-state index in [-0.39, 0.29) is 24.1 Å². The SMILES string of the molecule is CN(C)C(=O)c1ccc(Oc2nc(-c3cnc(N)s3)nc(N3CCO[C@@H]4CCC[C@H]43)n2)cc1. The van der Waals surface area contributed by atoms with Crippen LogP contribution in [0, 0.1) is 0 Å². The molecule has 0 bridgehead atoms. The predicted molar refractivity (Wildman–Crippen MR) is 125 cm³/mol. The lowest BCUT2D eigenvalue weighted by molar-refractivity contribution is 0.0249. The Hall–Kier alpha value is -3.31. The average Bonchev–Trinajstić information content (AvgIpc) is 3.47. The molecule has 10 nitrogen and oxygen atoms in total. The van der Waals surface area contributed by atoms with E-state index < -0.39 is 0 Å². The molecule has 1 aromatic carbocycles. The molecule has 172 valence electrons. The van der Waals surface area contributed by atoms with Gasteiger partial charge in [-0.3, -0.25) is 4.79 Å². The number of hydrogen-bond acceptors (Lipinski definition) is 10. The number of benzene rings is 1. The predicted octanol–water partition coefficient (Wildman–Crippen LogP) is 2.83. The maximum atomic E-state index is 12.1. The summed E-state index contributed by atoms with van der Waals surface area (Å²) < 4.78 is 11.9. The Balaban J connectivity index is 1.47. The van der Waals surface area contributed by atoms with Crippen molar-refractivity contribution in [1.82, 2.24) is 24.8 Å². The van der Waals surface area contributed by atoms with E-state index in [1.807, 2.05) is 0 Å². The Morgan fingerprint density at radius 2 is 2.03 bits per heavy atom. The smallest absolute Gasteiger partial charge is 0.327 e. The molecule has 3 heterocycles. The summed E-state index contributed by atoms with van der Waals surface area (Å²) >= 11 is 1.31. The Labute approximate surface area is 195 Å². The first-order chi connectivity index (χ1) is 16.0. The van der Waals surface area contributed by atoms with Gasteiger partial charge in [-0.15, -0.1) is 0 Å². The lowest BCUT2D eigenvalue weighted by atomic mass is 10.1. The number of carbonyl (C=O) groups excluding carboxylic acids is 1. The zero-order valence-electron chi connectivity index (χ0n) is 18.5. The van der Waals surface area contributed by atoms with Crippen LogP contribution in [0.4, 0.5) is 11.1 Å². The number of hydrogen-bond donors (Lipinski definition) is 1. The largest absolute Gasteiger partial charge is 0.424 e. The minimum absolute atomic E-state index is 0.0764. The summed E-state index contributed by atoms with van der Waals surface area (Å²) in [6, 6.07) is 7.31. The van der Waals surface area contributed by atoms with Gasteiger partial charge in [0.05, 0.1) is 29.8 Å². The number of aromatic nitrogens is 4. The molecule has 1 amide bonds. The van der Waals surface area contributed by atoms with Gasteiger partial charge >= 0.3 is 6.01 Å². The van der Waals surface area contributed by atoms with Crippen LogP contribution in [0.25, 0.3) is 10.7 Å². The van der Waals surface area contributed by atoms with E-state index in [1.54, 1.807) is 44.6 Å². The second kappa shape index (κ2) is 8.91. The van der Waals surface area contributed by atoms with E-state index >= 15 is 0 Å². The topological polar surface area (TPSA) is 120 Å². The fourth-order valence-electron chi connectivity index (χ4n) is 4.22. The van der Waals surface area contributed by atoms with E-state index in [0.29, 0.717) is 41.4 Å². The molecule has 2 aromatic heterocycles. The monoisotopic (exact) mass is 467 g/mol. The van der Waals surface area contributed by atoms with Crippen molar-refractivity contribution in [2.75, 3.05) is 37.9 Å². The number of nitrogens with zero attached hydrogens (tertiary/aromatic N) is 6. The van der Waals surface area contributed by atoms with Gasteiger partial charge in [-0.2, -0.15) is 15.0 Å². The van der Waals surface area contributed by atoms with Crippen molar-refractivity contribution in [2.45, 2.75) is 31.4 Å². The van der Waals surface area contributed by atoms with Crippen LogP contribution < -0.4 is 15.4 Å². The van der Waals surface area contributed by atoms with Crippen LogP contribution in [0.5, 0.6) is 11.8 Å². The number of morpholine rings is 1. The summed E-state index contributed by atoms with van der Waals surface area (Å²) in [7, 11) is 3.43. The molecule has 11 heteroatoms. The first-order valence-electron chi connectivity index (χ1n) is 10.8. The first kappa shape index (κ1) is 21.5. The normalized spacial score (nSPS) is 19.9. The summed E-state index contributed by atoms with van der Waals surface area (Å²) in [5, 5.41) is 0.442. The van der Waals surface area contributed by atoms with E-state index in [0.717, 1.165) is 24.1 Å². The number of anilines is 2. The highest BCUT2D eigenvalue weighted by molar-refractivity contribution is 7.18. The van der Waals surface area contributed by atoms with Crippen LogP contribution in [-0.2, 0) is 4.74 Å². The first-order valence-corrected chi connectivity index (χ1v) is 11.6. The van der Waals surface area contributed by atoms with Gasteiger partial charge < -0.3 is 25.0 Å².